The lowest BCUT2D eigenvalue weighted by atomic mass is 9.92. The minimum absolute atomic E-state index is 0.217. The molecule has 1 aromatic rings. The molecule has 0 aliphatic carbocycles. The van der Waals surface area contributed by atoms with E-state index in [1.165, 1.54) is 0 Å². The maximum Gasteiger partial charge on any atom is 0.252 e. The van der Waals surface area contributed by atoms with Crippen LogP contribution in [0.1, 0.15) is 37.7 Å². The van der Waals surface area contributed by atoms with Gasteiger partial charge in [-0.15, -0.1) is 0 Å². The molecule has 1 aliphatic rings. The number of rotatable bonds is 5. The Bertz CT molecular complexity index is 469. The van der Waals surface area contributed by atoms with Gasteiger partial charge in [-0.2, -0.15) is 0 Å². The maximum atomic E-state index is 12.2. The van der Waals surface area contributed by atoms with E-state index in [4.69, 9.17) is 16.3 Å². The van der Waals surface area contributed by atoms with Gasteiger partial charge in [-0.25, -0.2) is 0 Å². The molecule has 0 radical (unpaired) electrons. The molecule has 2 rings (SSSR count). The van der Waals surface area contributed by atoms with Gasteiger partial charge >= 0.3 is 0 Å². The van der Waals surface area contributed by atoms with E-state index in [-0.39, 0.29) is 11.8 Å². The van der Waals surface area contributed by atoms with Gasteiger partial charge in [0.05, 0.1) is 0 Å². The SMILES string of the molecule is CC[C@H](CNC(=O)C1(O)CCOCC1)c1ccc(Cl)cc1. The molecule has 0 bridgehead atoms. The number of aliphatic hydroxyl groups is 1. The number of amides is 1. The summed E-state index contributed by atoms with van der Waals surface area (Å²) < 4.78 is 5.19. The highest BCUT2D eigenvalue weighted by Crippen LogP contribution is 2.23. The number of hydrogen-bond donors (Lipinski definition) is 2. The molecule has 21 heavy (non-hydrogen) atoms. The second-order valence-electron chi connectivity index (χ2n) is 5.51. The van der Waals surface area contributed by atoms with Crippen LogP contribution in [0.2, 0.25) is 5.02 Å². The molecule has 1 fully saturated rings. The summed E-state index contributed by atoms with van der Waals surface area (Å²) in [6.45, 7) is 3.45. The molecule has 0 saturated carbocycles. The lowest BCUT2D eigenvalue weighted by Crippen LogP contribution is -2.51. The summed E-state index contributed by atoms with van der Waals surface area (Å²) in [4.78, 5) is 12.2. The predicted octanol–water partition coefficient (Wildman–Crippen LogP) is 2.49. The van der Waals surface area contributed by atoms with E-state index < -0.39 is 5.60 Å². The van der Waals surface area contributed by atoms with Crippen molar-refractivity contribution in [3.8, 4) is 0 Å². The Labute approximate surface area is 130 Å². The summed E-state index contributed by atoms with van der Waals surface area (Å²) >= 11 is 5.89. The Morgan fingerprint density at radius 3 is 2.57 bits per heavy atom. The maximum absolute atomic E-state index is 12.2. The summed E-state index contributed by atoms with van der Waals surface area (Å²) in [5.74, 6) is -0.0760. The third-order valence-corrected chi connectivity index (χ3v) is 4.34. The van der Waals surface area contributed by atoms with Crippen molar-refractivity contribution in [3.63, 3.8) is 0 Å². The van der Waals surface area contributed by atoms with Crippen LogP contribution in [0.4, 0.5) is 0 Å². The molecular formula is C16H22ClNO3. The van der Waals surface area contributed by atoms with Gasteiger partial charge in [-0.1, -0.05) is 30.7 Å². The highest BCUT2D eigenvalue weighted by atomic mass is 35.5. The van der Waals surface area contributed by atoms with E-state index >= 15 is 0 Å². The van der Waals surface area contributed by atoms with Crippen LogP contribution in [-0.2, 0) is 9.53 Å². The van der Waals surface area contributed by atoms with E-state index in [1.807, 2.05) is 24.3 Å². The first-order valence-corrected chi connectivity index (χ1v) is 7.77. The number of hydrogen-bond acceptors (Lipinski definition) is 3. The van der Waals surface area contributed by atoms with E-state index in [9.17, 15) is 9.90 Å². The van der Waals surface area contributed by atoms with Gasteiger partial charge in [0.15, 0.2) is 0 Å². The Morgan fingerprint density at radius 1 is 1.38 bits per heavy atom. The summed E-state index contributed by atoms with van der Waals surface area (Å²) in [5.41, 5.74) is -0.141. The number of benzene rings is 1. The van der Waals surface area contributed by atoms with Crippen molar-refractivity contribution in [2.24, 2.45) is 0 Å². The Hall–Kier alpha value is -1.10. The van der Waals surface area contributed by atoms with E-state index in [2.05, 4.69) is 12.2 Å². The largest absolute Gasteiger partial charge is 0.381 e. The minimum Gasteiger partial charge on any atom is -0.381 e. The molecule has 1 saturated heterocycles. The zero-order valence-corrected chi connectivity index (χ0v) is 13.0. The first-order valence-electron chi connectivity index (χ1n) is 7.39. The van der Waals surface area contributed by atoms with Crippen molar-refractivity contribution in [2.45, 2.75) is 37.7 Å². The molecule has 116 valence electrons. The average Bonchev–Trinajstić information content (AvgIpc) is 2.50. The van der Waals surface area contributed by atoms with Gasteiger partial charge < -0.3 is 15.2 Å². The smallest absolute Gasteiger partial charge is 0.252 e. The number of nitrogens with one attached hydrogen (secondary N) is 1. The standard InChI is InChI=1S/C16H22ClNO3/c1-2-12(13-3-5-14(17)6-4-13)11-18-15(19)16(20)7-9-21-10-8-16/h3-6,12,20H,2,7-11H2,1H3,(H,18,19)/t12-/m1/s1. The fourth-order valence-corrected chi connectivity index (χ4v) is 2.68. The van der Waals surface area contributed by atoms with E-state index in [0.29, 0.717) is 37.6 Å². The molecule has 4 nitrogen and oxygen atoms in total. The molecular weight excluding hydrogens is 290 g/mol. The first-order chi connectivity index (χ1) is 10.0. The van der Waals surface area contributed by atoms with Crippen molar-refractivity contribution in [2.75, 3.05) is 19.8 Å². The van der Waals surface area contributed by atoms with Crippen molar-refractivity contribution in [1.29, 1.82) is 0 Å². The second kappa shape index (κ2) is 7.25. The molecule has 5 heteroatoms. The summed E-state index contributed by atoms with van der Waals surface area (Å²) in [5, 5.41) is 13.9. The lowest BCUT2D eigenvalue weighted by Gasteiger charge is -2.31. The summed E-state index contributed by atoms with van der Waals surface area (Å²) in [7, 11) is 0. The molecule has 0 spiro atoms. The van der Waals surface area contributed by atoms with Crippen molar-refractivity contribution in [3.05, 3.63) is 34.9 Å². The molecule has 0 aromatic heterocycles. The first kappa shape index (κ1) is 16.3. The van der Waals surface area contributed by atoms with Crippen molar-refractivity contribution >= 4 is 17.5 Å². The lowest BCUT2D eigenvalue weighted by molar-refractivity contribution is -0.149. The highest BCUT2D eigenvalue weighted by molar-refractivity contribution is 6.30. The topological polar surface area (TPSA) is 58.6 Å². The van der Waals surface area contributed by atoms with Gasteiger partial charge in [0, 0.05) is 43.5 Å². The van der Waals surface area contributed by atoms with Crippen LogP contribution in [0.5, 0.6) is 0 Å². The Balaban J connectivity index is 1.93. The number of carbonyl (C=O) groups is 1. The van der Waals surface area contributed by atoms with E-state index in [1.54, 1.807) is 0 Å². The fraction of sp³-hybridized carbons (Fsp3) is 0.562. The van der Waals surface area contributed by atoms with Crippen molar-refractivity contribution in [1.82, 2.24) is 5.32 Å². The molecule has 1 aliphatic heterocycles. The monoisotopic (exact) mass is 311 g/mol. The predicted molar refractivity (Wildman–Crippen MR) is 82.5 cm³/mol. The zero-order valence-electron chi connectivity index (χ0n) is 12.3. The summed E-state index contributed by atoms with van der Waals surface area (Å²) in [6, 6.07) is 7.67. The third kappa shape index (κ3) is 4.19. The number of ether oxygens (including phenoxy) is 1. The quantitative estimate of drug-likeness (QED) is 0.878. The highest BCUT2D eigenvalue weighted by Gasteiger charge is 2.37. The molecule has 1 aromatic carbocycles. The fourth-order valence-electron chi connectivity index (χ4n) is 2.55. The van der Waals surface area contributed by atoms with Crippen molar-refractivity contribution < 1.29 is 14.6 Å². The Kier molecular flexibility index (Phi) is 5.62. The molecule has 1 heterocycles. The molecule has 0 unspecified atom stereocenters. The van der Waals surface area contributed by atoms with Gasteiger partial charge in [0.2, 0.25) is 0 Å². The van der Waals surface area contributed by atoms with Crippen LogP contribution in [0.25, 0.3) is 0 Å². The van der Waals surface area contributed by atoms with Gasteiger partial charge in [0.25, 0.3) is 5.91 Å². The van der Waals surface area contributed by atoms with Gasteiger partial charge in [0.1, 0.15) is 5.60 Å². The van der Waals surface area contributed by atoms with Crippen LogP contribution in [0.15, 0.2) is 24.3 Å². The van der Waals surface area contributed by atoms with Gasteiger partial charge in [-0.3, -0.25) is 4.79 Å². The van der Waals surface area contributed by atoms with Crippen LogP contribution >= 0.6 is 11.6 Å². The van der Waals surface area contributed by atoms with Gasteiger partial charge in [-0.05, 0) is 24.1 Å². The summed E-state index contributed by atoms with van der Waals surface area (Å²) in [6.07, 6.45) is 1.62. The second-order valence-corrected chi connectivity index (χ2v) is 5.95. The van der Waals surface area contributed by atoms with Crippen LogP contribution in [0, 0.1) is 0 Å². The zero-order chi connectivity index (χ0) is 15.3. The van der Waals surface area contributed by atoms with Crippen LogP contribution < -0.4 is 5.32 Å². The molecule has 1 atom stereocenters. The van der Waals surface area contributed by atoms with Crippen LogP contribution in [0.3, 0.4) is 0 Å². The molecule has 2 N–H and O–H groups in total. The third-order valence-electron chi connectivity index (χ3n) is 4.09. The molecule has 1 amide bonds. The van der Waals surface area contributed by atoms with E-state index in [0.717, 1.165) is 12.0 Å². The normalized spacial score (nSPS) is 19.0. The minimum atomic E-state index is -1.28. The number of carbonyl (C=O) groups excluding carboxylic acids is 1. The Morgan fingerprint density at radius 2 is 2.00 bits per heavy atom. The number of halogens is 1. The average molecular weight is 312 g/mol. The van der Waals surface area contributed by atoms with Crippen LogP contribution in [-0.4, -0.2) is 36.4 Å².